The molecule has 3 N–H and O–H groups in total. The van der Waals surface area contributed by atoms with Crippen molar-refractivity contribution in [1.29, 1.82) is 0 Å². The Kier molecular flexibility index (Phi) is 5.90. The first kappa shape index (κ1) is 19.9. The highest BCUT2D eigenvalue weighted by molar-refractivity contribution is 9.13. The summed E-state index contributed by atoms with van der Waals surface area (Å²) in [6.45, 7) is 0. The van der Waals surface area contributed by atoms with Crippen LogP contribution in [-0.2, 0) is 0 Å². The van der Waals surface area contributed by atoms with Crippen molar-refractivity contribution in [2.24, 2.45) is 0 Å². The number of aromatic hydroxyl groups is 1. The van der Waals surface area contributed by atoms with Gasteiger partial charge in [-0.05, 0) is 56.6 Å². The molecule has 1 unspecified atom stereocenters. The number of anilines is 2. The second kappa shape index (κ2) is 8.02. The number of thioether (sulfide) groups is 1. The molecule has 0 aliphatic heterocycles. The summed E-state index contributed by atoms with van der Waals surface area (Å²) in [5.41, 5.74) is 1.33. The molecular formula is C12H8BrClFN7O3S2. The fourth-order valence-electron chi connectivity index (χ4n) is 1.92. The van der Waals surface area contributed by atoms with E-state index in [1.54, 1.807) is 12.1 Å². The molecule has 1 atom stereocenters. The summed E-state index contributed by atoms with van der Waals surface area (Å²) in [6, 6.07) is 6.20. The summed E-state index contributed by atoms with van der Waals surface area (Å²) in [5, 5.41) is 23.2. The Morgan fingerprint density at radius 3 is 2.74 bits per heavy atom. The number of nitrogens with one attached hydrogen (secondary N) is 2. The number of hydrogen-bond donors (Lipinski definition) is 3. The molecule has 1 aromatic carbocycles. The first-order valence-electron chi connectivity index (χ1n) is 6.87. The van der Waals surface area contributed by atoms with Gasteiger partial charge in [-0.1, -0.05) is 0 Å². The Hall–Kier alpha value is -1.87. The average molecular weight is 497 g/mol. The molecule has 3 rings (SSSR count). The minimum atomic E-state index is -2.00. The molecule has 0 fully saturated rings. The van der Waals surface area contributed by atoms with Crippen molar-refractivity contribution in [2.45, 2.75) is 8.27 Å². The standard InChI is InChI=1S/C12H8BrClFN7O3S2/c13-12(21(14)15,27-22(24)25)26-11-19-9-8(16-5-17-9)10(20-11)18-6-1-3-7(23)4-2-6/h1-5,23H,(H2,16,17,18,19,20). The highest BCUT2D eigenvalue weighted by Crippen LogP contribution is 2.50. The Bertz CT molecular complexity index is 979. The van der Waals surface area contributed by atoms with E-state index in [-0.39, 0.29) is 33.1 Å². The van der Waals surface area contributed by atoms with Gasteiger partial charge in [-0.25, -0.2) is 15.0 Å². The first-order chi connectivity index (χ1) is 12.8. The predicted octanol–water partition coefficient (Wildman–Crippen LogP) is 4.17. The van der Waals surface area contributed by atoms with Gasteiger partial charge in [0.1, 0.15) is 15.6 Å². The molecule has 142 valence electrons. The zero-order valence-electron chi connectivity index (χ0n) is 12.8. The van der Waals surface area contributed by atoms with Gasteiger partial charge in [-0.15, -0.1) is 4.48 Å². The zero-order valence-corrected chi connectivity index (χ0v) is 16.8. The number of benzene rings is 1. The van der Waals surface area contributed by atoms with Crippen molar-refractivity contribution < 1.29 is 13.9 Å². The molecule has 0 spiro atoms. The van der Waals surface area contributed by atoms with Gasteiger partial charge in [0.2, 0.25) is 0 Å². The van der Waals surface area contributed by atoms with Crippen molar-refractivity contribution in [3.05, 3.63) is 40.7 Å². The van der Waals surface area contributed by atoms with Crippen LogP contribution in [0.1, 0.15) is 0 Å². The van der Waals surface area contributed by atoms with Gasteiger partial charge < -0.3 is 15.4 Å². The number of imidazole rings is 1. The van der Waals surface area contributed by atoms with E-state index in [2.05, 4.69) is 41.2 Å². The molecule has 0 saturated heterocycles. The maximum absolute atomic E-state index is 13.6. The van der Waals surface area contributed by atoms with E-state index < -0.39 is 7.44 Å². The minimum absolute atomic E-state index is 0.0119. The van der Waals surface area contributed by atoms with Crippen LogP contribution in [0.5, 0.6) is 5.75 Å². The Morgan fingerprint density at radius 2 is 2.11 bits per heavy atom. The van der Waals surface area contributed by atoms with Crippen molar-refractivity contribution >= 4 is 74.1 Å². The molecule has 0 aliphatic rings. The topological polar surface area (TPSA) is 133 Å². The fraction of sp³-hybridized carbons (Fsp3) is 0.0833. The third-order valence-electron chi connectivity index (χ3n) is 3.00. The molecule has 0 radical (unpaired) electrons. The van der Waals surface area contributed by atoms with Crippen LogP contribution in [0.15, 0.2) is 35.7 Å². The number of H-pyrrole nitrogens is 1. The van der Waals surface area contributed by atoms with E-state index in [4.69, 9.17) is 11.8 Å². The lowest BCUT2D eigenvalue weighted by Gasteiger charge is -2.20. The summed E-state index contributed by atoms with van der Waals surface area (Å²) in [7, 11) is 0. The van der Waals surface area contributed by atoms with E-state index in [1.165, 1.54) is 18.5 Å². The second-order valence-corrected chi connectivity index (χ2v) is 9.77. The van der Waals surface area contributed by atoms with Gasteiger partial charge in [0.05, 0.1) is 6.33 Å². The largest absolute Gasteiger partial charge is 0.508 e. The van der Waals surface area contributed by atoms with E-state index >= 15 is 0 Å². The normalized spacial score (nSPS) is 13.6. The first-order valence-corrected chi connectivity index (χ1v) is 9.59. The molecule has 3 aromatic rings. The maximum atomic E-state index is 13.6. The average Bonchev–Trinajstić information content (AvgIpc) is 3.04. The Morgan fingerprint density at radius 1 is 1.41 bits per heavy atom. The van der Waals surface area contributed by atoms with Crippen molar-refractivity contribution in [3.63, 3.8) is 0 Å². The molecule has 15 heteroatoms. The van der Waals surface area contributed by atoms with Gasteiger partial charge >= 0.3 is 0 Å². The van der Waals surface area contributed by atoms with Crippen LogP contribution in [0.4, 0.5) is 16.0 Å². The van der Waals surface area contributed by atoms with Gasteiger partial charge in [-0.2, -0.15) is 0 Å². The fourth-order valence-corrected chi connectivity index (χ4v) is 4.27. The lowest BCUT2D eigenvalue weighted by Crippen LogP contribution is -2.26. The number of hydrogen-bond acceptors (Lipinski definition) is 10. The number of alkyl halides is 1. The predicted molar refractivity (Wildman–Crippen MR) is 104 cm³/mol. The van der Waals surface area contributed by atoms with E-state index in [9.17, 15) is 19.7 Å². The van der Waals surface area contributed by atoms with E-state index in [0.717, 1.165) is 0 Å². The van der Waals surface area contributed by atoms with Gasteiger partial charge in [-0.3, -0.25) is 10.1 Å². The molecule has 0 amide bonds. The lowest BCUT2D eigenvalue weighted by atomic mass is 10.3. The number of phenolic OH excluding ortho intramolecular Hbond substituents is 1. The van der Waals surface area contributed by atoms with E-state index in [0.29, 0.717) is 28.8 Å². The quantitative estimate of drug-likeness (QED) is 0.0418. The van der Waals surface area contributed by atoms with Crippen LogP contribution in [0.2, 0.25) is 0 Å². The van der Waals surface area contributed by atoms with Gasteiger partial charge in [0, 0.05) is 17.5 Å². The van der Waals surface area contributed by atoms with Crippen molar-refractivity contribution in [3.8, 4) is 5.75 Å². The summed E-state index contributed by atoms with van der Waals surface area (Å²) in [6.07, 6.45) is 1.39. The molecule has 0 aliphatic carbocycles. The number of aromatic amines is 1. The summed E-state index contributed by atoms with van der Waals surface area (Å²) < 4.78 is 10.4. The SMILES string of the molecule is O=[N+]([O-])SC(Br)(Sc1nc(Nc2ccc(O)cc2)c2[nH]cnc2n1)N(F)Cl. The number of phenols is 1. The highest BCUT2D eigenvalue weighted by atomic mass is 79.9. The summed E-state index contributed by atoms with van der Waals surface area (Å²) in [5.74, 6) is 0.392. The summed E-state index contributed by atoms with van der Waals surface area (Å²) >= 11 is 8.77. The number of nitro groups is 1. The maximum Gasteiger partial charge on any atom is 0.289 e. The summed E-state index contributed by atoms with van der Waals surface area (Å²) in [4.78, 5) is 26.1. The molecule has 27 heavy (non-hydrogen) atoms. The lowest BCUT2D eigenvalue weighted by molar-refractivity contribution is -0.286. The molecule has 0 bridgehead atoms. The highest BCUT2D eigenvalue weighted by Gasteiger charge is 2.46. The van der Waals surface area contributed by atoms with Crippen LogP contribution in [0, 0.1) is 10.1 Å². The second-order valence-electron chi connectivity index (χ2n) is 4.78. The molecule has 10 nitrogen and oxygen atoms in total. The number of halogens is 3. The monoisotopic (exact) mass is 495 g/mol. The molecule has 0 saturated carbocycles. The molecule has 2 aromatic heterocycles. The van der Waals surface area contributed by atoms with Crippen LogP contribution in [0.25, 0.3) is 11.2 Å². The number of fused-ring (bicyclic) bond motifs is 1. The van der Waals surface area contributed by atoms with Crippen molar-refractivity contribution in [2.75, 3.05) is 5.32 Å². The Balaban J connectivity index is 1.97. The van der Waals surface area contributed by atoms with Crippen LogP contribution >= 0.6 is 51.4 Å². The van der Waals surface area contributed by atoms with Crippen LogP contribution in [0.3, 0.4) is 0 Å². The smallest absolute Gasteiger partial charge is 0.289 e. The number of rotatable bonds is 7. The van der Waals surface area contributed by atoms with Gasteiger partial charge in [0.25, 0.3) is 15.1 Å². The van der Waals surface area contributed by atoms with Crippen LogP contribution in [-0.4, -0.2) is 37.1 Å². The molecular weight excluding hydrogens is 489 g/mol. The zero-order chi connectivity index (χ0) is 19.6. The molecule has 2 heterocycles. The van der Waals surface area contributed by atoms with Crippen LogP contribution < -0.4 is 5.32 Å². The number of aromatic nitrogens is 4. The minimum Gasteiger partial charge on any atom is -0.508 e. The Labute approximate surface area is 172 Å². The third-order valence-corrected chi connectivity index (χ3v) is 6.68. The van der Waals surface area contributed by atoms with Gasteiger partial charge in [0.15, 0.2) is 16.6 Å². The van der Waals surface area contributed by atoms with E-state index in [1.807, 2.05) is 0 Å². The third kappa shape index (κ3) is 4.70. The number of nitrogens with zero attached hydrogens (tertiary/aromatic N) is 5. The van der Waals surface area contributed by atoms with Crippen molar-refractivity contribution in [1.82, 2.24) is 24.6 Å².